The van der Waals surface area contributed by atoms with Crippen LogP contribution >= 0.6 is 0 Å². The van der Waals surface area contributed by atoms with E-state index in [1.54, 1.807) is 0 Å². The van der Waals surface area contributed by atoms with Gasteiger partial charge in [0.15, 0.2) is 0 Å². The molecule has 1 aromatic carbocycles. The van der Waals surface area contributed by atoms with E-state index in [2.05, 4.69) is 10.7 Å². The Bertz CT molecular complexity index is 665. The van der Waals surface area contributed by atoms with Crippen molar-refractivity contribution in [1.29, 1.82) is 0 Å². The van der Waals surface area contributed by atoms with Gasteiger partial charge in [0.1, 0.15) is 5.54 Å². The zero-order chi connectivity index (χ0) is 17.2. The van der Waals surface area contributed by atoms with Crippen LogP contribution < -0.4 is 10.7 Å². The van der Waals surface area contributed by atoms with E-state index in [4.69, 9.17) is 0 Å². The smallest absolute Gasteiger partial charge is 0.322 e. The molecule has 1 aliphatic carbocycles. The molecule has 2 N–H and O–H groups in total. The van der Waals surface area contributed by atoms with Crippen molar-refractivity contribution in [2.24, 2.45) is 0 Å². The largest absolute Gasteiger partial charge is 0.344 e. The van der Waals surface area contributed by atoms with Gasteiger partial charge in [-0.2, -0.15) is 5.01 Å². The van der Waals surface area contributed by atoms with Crippen LogP contribution in [0, 0.1) is 6.92 Å². The van der Waals surface area contributed by atoms with Gasteiger partial charge in [-0.3, -0.25) is 15.0 Å². The molecule has 1 aliphatic heterocycles. The Balaban J connectivity index is 1.58. The molecule has 1 spiro atoms. The minimum Gasteiger partial charge on any atom is -0.322 e. The number of urea groups is 1. The van der Waals surface area contributed by atoms with Crippen LogP contribution in [0.1, 0.15) is 49.7 Å². The number of nitrogens with one attached hydrogen (secondary N) is 2. The van der Waals surface area contributed by atoms with Crippen LogP contribution in [-0.4, -0.2) is 28.4 Å². The number of hydrazine groups is 1. The fourth-order valence-corrected chi connectivity index (χ4v) is 3.52. The van der Waals surface area contributed by atoms with Gasteiger partial charge in [0.2, 0.25) is 5.91 Å². The Morgan fingerprint density at radius 3 is 2.71 bits per heavy atom. The van der Waals surface area contributed by atoms with E-state index in [1.165, 1.54) is 0 Å². The highest BCUT2D eigenvalue weighted by Crippen LogP contribution is 2.32. The quantitative estimate of drug-likeness (QED) is 0.831. The molecule has 1 aromatic rings. The van der Waals surface area contributed by atoms with Crippen molar-refractivity contribution in [3.8, 4) is 0 Å². The third-order valence-electron chi connectivity index (χ3n) is 4.83. The van der Waals surface area contributed by atoms with Crippen LogP contribution in [0.3, 0.4) is 0 Å². The number of benzene rings is 1. The molecule has 24 heavy (non-hydrogen) atoms. The fraction of sp³-hybridized carbons (Fsp3) is 0.500. The molecular weight excluding hydrogens is 306 g/mol. The van der Waals surface area contributed by atoms with E-state index in [1.807, 2.05) is 31.2 Å². The van der Waals surface area contributed by atoms with Crippen molar-refractivity contribution in [3.05, 3.63) is 35.4 Å². The second-order valence-corrected chi connectivity index (χ2v) is 6.74. The number of amides is 4. The summed E-state index contributed by atoms with van der Waals surface area (Å²) < 4.78 is 0. The summed E-state index contributed by atoms with van der Waals surface area (Å²) in [5, 5.41) is 3.64. The maximum atomic E-state index is 12.6. The molecule has 0 aromatic heterocycles. The Hall–Kier alpha value is -2.37. The first-order valence-corrected chi connectivity index (χ1v) is 8.52. The average Bonchev–Trinajstić information content (AvgIpc) is 2.78. The third-order valence-corrected chi connectivity index (χ3v) is 4.83. The third kappa shape index (κ3) is 3.27. The van der Waals surface area contributed by atoms with Gasteiger partial charge in [-0.1, -0.05) is 49.1 Å². The molecule has 6 nitrogen and oxygen atoms in total. The van der Waals surface area contributed by atoms with Gasteiger partial charge >= 0.3 is 6.03 Å². The lowest BCUT2D eigenvalue weighted by Gasteiger charge is -2.30. The van der Waals surface area contributed by atoms with Crippen LogP contribution in [0.2, 0.25) is 0 Å². The van der Waals surface area contributed by atoms with Crippen LogP contribution in [0.5, 0.6) is 0 Å². The number of carbonyl (C=O) groups is 3. The SMILES string of the molecule is Cc1cccc(CCC(=O)NN2C(=O)NC3(CCCCC3)C2=O)c1. The molecule has 0 atom stereocenters. The van der Waals surface area contributed by atoms with E-state index in [-0.39, 0.29) is 18.2 Å². The first kappa shape index (κ1) is 16.5. The zero-order valence-corrected chi connectivity index (χ0v) is 13.9. The maximum absolute atomic E-state index is 12.6. The number of carbonyl (C=O) groups excluding carboxylic acids is 3. The summed E-state index contributed by atoms with van der Waals surface area (Å²) in [6, 6.07) is 7.42. The lowest BCUT2D eigenvalue weighted by atomic mass is 9.82. The average molecular weight is 329 g/mol. The number of rotatable bonds is 4. The Kier molecular flexibility index (Phi) is 4.55. The van der Waals surface area contributed by atoms with Crippen LogP contribution in [0.4, 0.5) is 4.79 Å². The normalized spacial score (nSPS) is 19.5. The van der Waals surface area contributed by atoms with Crippen LogP contribution in [-0.2, 0) is 16.0 Å². The van der Waals surface area contributed by atoms with Crippen LogP contribution in [0.25, 0.3) is 0 Å². The van der Waals surface area contributed by atoms with Gasteiger partial charge in [0, 0.05) is 6.42 Å². The van der Waals surface area contributed by atoms with Gasteiger partial charge in [0.25, 0.3) is 5.91 Å². The van der Waals surface area contributed by atoms with Crippen molar-refractivity contribution in [2.75, 3.05) is 0 Å². The lowest BCUT2D eigenvalue weighted by molar-refractivity contribution is -0.139. The number of hydrogen-bond donors (Lipinski definition) is 2. The summed E-state index contributed by atoms with van der Waals surface area (Å²) >= 11 is 0. The number of nitrogens with zero attached hydrogens (tertiary/aromatic N) is 1. The molecule has 0 unspecified atom stereocenters. The van der Waals surface area contributed by atoms with Crippen molar-refractivity contribution in [2.45, 2.75) is 57.4 Å². The first-order chi connectivity index (χ1) is 11.5. The second kappa shape index (κ2) is 6.63. The molecule has 4 amide bonds. The highest BCUT2D eigenvalue weighted by Gasteiger charge is 2.52. The Labute approximate surface area is 141 Å². The number of aryl methyl sites for hydroxylation is 2. The molecule has 0 bridgehead atoms. The van der Waals surface area contributed by atoms with Gasteiger partial charge in [-0.15, -0.1) is 0 Å². The van der Waals surface area contributed by atoms with Crippen molar-refractivity contribution >= 4 is 17.8 Å². The van der Waals surface area contributed by atoms with Gasteiger partial charge in [-0.25, -0.2) is 4.79 Å². The predicted molar refractivity (Wildman–Crippen MR) is 88.8 cm³/mol. The number of hydrogen-bond acceptors (Lipinski definition) is 3. The molecule has 2 aliphatic rings. The molecular formula is C18H23N3O3. The van der Waals surface area contributed by atoms with E-state index in [0.29, 0.717) is 19.3 Å². The first-order valence-electron chi connectivity index (χ1n) is 8.52. The van der Waals surface area contributed by atoms with Crippen LogP contribution in [0.15, 0.2) is 24.3 Å². The fourth-order valence-electron chi connectivity index (χ4n) is 3.52. The van der Waals surface area contributed by atoms with E-state index in [0.717, 1.165) is 35.4 Å². The Morgan fingerprint density at radius 1 is 1.25 bits per heavy atom. The summed E-state index contributed by atoms with van der Waals surface area (Å²) in [7, 11) is 0. The Morgan fingerprint density at radius 2 is 2.00 bits per heavy atom. The molecule has 1 heterocycles. The van der Waals surface area contributed by atoms with Gasteiger partial charge < -0.3 is 5.32 Å². The monoisotopic (exact) mass is 329 g/mol. The molecule has 1 saturated heterocycles. The molecule has 0 radical (unpaired) electrons. The van der Waals surface area contributed by atoms with E-state index < -0.39 is 11.6 Å². The summed E-state index contributed by atoms with van der Waals surface area (Å²) in [6.07, 6.45) is 5.01. The molecule has 128 valence electrons. The highest BCUT2D eigenvalue weighted by molar-refractivity contribution is 6.08. The number of imide groups is 1. The minimum atomic E-state index is -0.806. The highest BCUT2D eigenvalue weighted by atomic mass is 16.2. The zero-order valence-electron chi connectivity index (χ0n) is 13.9. The summed E-state index contributed by atoms with van der Waals surface area (Å²) in [6.45, 7) is 2.00. The molecule has 3 rings (SSSR count). The van der Waals surface area contributed by atoms with E-state index >= 15 is 0 Å². The van der Waals surface area contributed by atoms with Crippen molar-refractivity contribution in [1.82, 2.24) is 15.8 Å². The topological polar surface area (TPSA) is 78.5 Å². The minimum absolute atomic E-state index is 0.230. The summed E-state index contributed by atoms with van der Waals surface area (Å²) in [5.74, 6) is -0.649. The standard InChI is InChI=1S/C18H23N3O3/c1-13-6-5-7-14(12-13)8-9-15(22)20-21-16(23)18(19-17(21)24)10-3-2-4-11-18/h5-7,12H,2-4,8-11H2,1H3,(H,19,24)(H,20,22). The van der Waals surface area contributed by atoms with Gasteiger partial charge in [0.05, 0.1) is 0 Å². The molecule has 2 fully saturated rings. The van der Waals surface area contributed by atoms with Crippen molar-refractivity contribution in [3.63, 3.8) is 0 Å². The van der Waals surface area contributed by atoms with E-state index in [9.17, 15) is 14.4 Å². The molecule has 6 heteroatoms. The molecule has 1 saturated carbocycles. The lowest BCUT2D eigenvalue weighted by Crippen LogP contribution is -2.51. The predicted octanol–water partition coefficient (Wildman–Crippen LogP) is 2.21. The maximum Gasteiger partial charge on any atom is 0.344 e. The van der Waals surface area contributed by atoms with Gasteiger partial charge in [-0.05, 0) is 31.7 Å². The summed E-state index contributed by atoms with van der Waals surface area (Å²) in [4.78, 5) is 36.8. The summed E-state index contributed by atoms with van der Waals surface area (Å²) in [5.41, 5.74) is 3.86. The second-order valence-electron chi connectivity index (χ2n) is 6.74. The van der Waals surface area contributed by atoms with Crippen molar-refractivity contribution < 1.29 is 14.4 Å².